The molecular formula is C14H25N3. The second kappa shape index (κ2) is 6.80. The summed E-state index contributed by atoms with van der Waals surface area (Å²) in [7, 11) is 0. The molecule has 1 aromatic rings. The molecule has 1 aliphatic carbocycles. The fourth-order valence-corrected chi connectivity index (χ4v) is 2.78. The van der Waals surface area contributed by atoms with Gasteiger partial charge in [0, 0.05) is 18.9 Å². The summed E-state index contributed by atoms with van der Waals surface area (Å²) in [5.74, 6) is 2.14. The van der Waals surface area contributed by atoms with Crippen molar-refractivity contribution in [2.75, 3.05) is 6.54 Å². The van der Waals surface area contributed by atoms with Crippen LogP contribution in [-0.4, -0.2) is 16.1 Å². The predicted octanol–water partition coefficient (Wildman–Crippen LogP) is 2.96. The maximum Gasteiger partial charge on any atom is 0.122 e. The van der Waals surface area contributed by atoms with Crippen LogP contribution in [0.4, 0.5) is 0 Å². The lowest BCUT2D eigenvalue weighted by molar-refractivity contribution is 0.333. The van der Waals surface area contributed by atoms with E-state index < -0.39 is 0 Å². The van der Waals surface area contributed by atoms with Crippen molar-refractivity contribution >= 4 is 0 Å². The summed E-state index contributed by atoms with van der Waals surface area (Å²) < 4.78 is 2.20. The lowest BCUT2D eigenvalue weighted by Gasteiger charge is -2.21. The molecule has 96 valence electrons. The van der Waals surface area contributed by atoms with E-state index in [-0.39, 0.29) is 0 Å². The van der Waals surface area contributed by atoms with Crippen molar-refractivity contribution in [3.63, 3.8) is 0 Å². The Hall–Kier alpha value is -0.830. The summed E-state index contributed by atoms with van der Waals surface area (Å²) >= 11 is 0. The van der Waals surface area contributed by atoms with Crippen LogP contribution in [0.2, 0.25) is 0 Å². The van der Waals surface area contributed by atoms with Gasteiger partial charge < -0.3 is 9.88 Å². The van der Waals surface area contributed by atoms with Gasteiger partial charge in [-0.2, -0.15) is 0 Å². The van der Waals surface area contributed by atoms with Gasteiger partial charge in [-0.1, -0.05) is 32.1 Å². The minimum absolute atomic E-state index is 0.910. The topological polar surface area (TPSA) is 29.9 Å². The zero-order valence-corrected chi connectivity index (χ0v) is 11.0. The highest BCUT2D eigenvalue weighted by Gasteiger charge is 2.12. The van der Waals surface area contributed by atoms with E-state index in [0.29, 0.717) is 0 Å². The summed E-state index contributed by atoms with van der Waals surface area (Å²) in [5, 5.41) is 3.53. The molecule has 1 N–H and O–H groups in total. The molecule has 0 spiro atoms. The third-order valence-corrected chi connectivity index (χ3v) is 3.88. The normalized spacial score (nSPS) is 17.5. The molecule has 17 heavy (non-hydrogen) atoms. The van der Waals surface area contributed by atoms with Crippen LogP contribution in [0.5, 0.6) is 0 Å². The predicted molar refractivity (Wildman–Crippen MR) is 70.8 cm³/mol. The first kappa shape index (κ1) is 12.6. The molecule has 3 nitrogen and oxygen atoms in total. The molecular weight excluding hydrogens is 210 g/mol. The minimum atomic E-state index is 0.910. The Morgan fingerprint density at radius 1 is 1.35 bits per heavy atom. The van der Waals surface area contributed by atoms with Crippen LogP contribution in [0.15, 0.2) is 12.4 Å². The van der Waals surface area contributed by atoms with Gasteiger partial charge in [-0.3, -0.25) is 0 Å². The molecule has 0 aliphatic heterocycles. The summed E-state index contributed by atoms with van der Waals surface area (Å²) in [6, 6.07) is 0. The van der Waals surface area contributed by atoms with Gasteiger partial charge >= 0.3 is 0 Å². The number of aryl methyl sites for hydroxylation is 1. The number of aromatic nitrogens is 2. The molecule has 0 radical (unpaired) electrons. The molecule has 3 heteroatoms. The Labute approximate surface area is 105 Å². The van der Waals surface area contributed by atoms with Gasteiger partial charge in [-0.15, -0.1) is 0 Å². The molecule has 0 amide bonds. The van der Waals surface area contributed by atoms with Gasteiger partial charge in [0.15, 0.2) is 0 Å². The molecule has 1 aliphatic rings. The van der Waals surface area contributed by atoms with E-state index in [0.717, 1.165) is 31.4 Å². The van der Waals surface area contributed by atoms with Crippen molar-refractivity contribution in [1.82, 2.24) is 14.9 Å². The Morgan fingerprint density at radius 3 is 2.94 bits per heavy atom. The summed E-state index contributed by atoms with van der Waals surface area (Å²) in [5.41, 5.74) is 0. The van der Waals surface area contributed by atoms with Crippen molar-refractivity contribution in [3.05, 3.63) is 18.2 Å². The van der Waals surface area contributed by atoms with E-state index in [1.54, 1.807) is 0 Å². The average molecular weight is 235 g/mol. The van der Waals surface area contributed by atoms with Gasteiger partial charge in [0.05, 0.1) is 6.54 Å². The molecule has 1 fully saturated rings. The van der Waals surface area contributed by atoms with E-state index >= 15 is 0 Å². The molecule has 1 heterocycles. The van der Waals surface area contributed by atoms with Crippen molar-refractivity contribution in [3.8, 4) is 0 Å². The Balaban J connectivity index is 1.62. The molecule has 0 bridgehead atoms. The van der Waals surface area contributed by atoms with Crippen LogP contribution < -0.4 is 5.32 Å². The third kappa shape index (κ3) is 3.84. The number of imidazole rings is 1. The van der Waals surface area contributed by atoms with Crippen LogP contribution in [-0.2, 0) is 13.1 Å². The highest BCUT2D eigenvalue weighted by molar-refractivity contribution is 4.91. The lowest BCUT2D eigenvalue weighted by atomic mass is 9.87. The Bertz CT molecular complexity index is 313. The number of nitrogens with zero attached hydrogens (tertiary/aromatic N) is 2. The summed E-state index contributed by atoms with van der Waals surface area (Å²) in [6.07, 6.45) is 12.5. The van der Waals surface area contributed by atoms with Crippen LogP contribution in [0.25, 0.3) is 0 Å². The first-order chi connectivity index (χ1) is 8.40. The number of rotatable bonds is 6. The molecule has 0 unspecified atom stereocenters. The molecule has 1 saturated carbocycles. The summed E-state index contributed by atoms with van der Waals surface area (Å²) in [6.45, 7) is 5.22. The van der Waals surface area contributed by atoms with Gasteiger partial charge in [0.1, 0.15) is 5.82 Å². The average Bonchev–Trinajstić information content (AvgIpc) is 2.83. The van der Waals surface area contributed by atoms with Crippen LogP contribution in [0, 0.1) is 5.92 Å². The van der Waals surface area contributed by atoms with Gasteiger partial charge in [-0.25, -0.2) is 4.98 Å². The standard InChI is InChI=1S/C14H25N3/c1-2-17-11-10-16-14(17)12-15-9-8-13-6-4-3-5-7-13/h10-11,13,15H,2-9,12H2,1H3. The van der Waals surface area contributed by atoms with Crippen LogP contribution in [0.1, 0.15) is 51.3 Å². The number of nitrogens with one attached hydrogen (secondary N) is 1. The highest BCUT2D eigenvalue weighted by Crippen LogP contribution is 2.25. The SMILES string of the molecule is CCn1ccnc1CNCCC1CCCCC1. The fraction of sp³-hybridized carbons (Fsp3) is 0.786. The Kier molecular flexibility index (Phi) is 5.05. The zero-order valence-electron chi connectivity index (χ0n) is 11.0. The highest BCUT2D eigenvalue weighted by atomic mass is 15.1. The fourth-order valence-electron chi connectivity index (χ4n) is 2.78. The molecule has 0 aromatic carbocycles. The van der Waals surface area contributed by atoms with Crippen LogP contribution >= 0.6 is 0 Å². The van der Waals surface area contributed by atoms with Gasteiger partial charge in [0.2, 0.25) is 0 Å². The second-order valence-electron chi connectivity index (χ2n) is 5.10. The smallest absolute Gasteiger partial charge is 0.122 e. The van der Waals surface area contributed by atoms with Gasteiger partial charge in [0.25, 0.3) is 0 Å². The first-order valence-electron chi connectivity index (χ1n) is 7.11. The van der Waals surface area contributed by atoms with E-state index in [1.807, 2.05) is 6.20 Å². The van der Waals surface area contributed by atoms with Crippen molar-refractivity contribution in [2.24, 2.45) is 5.92 Å². The maximum atomic E-state index is 4.37. The molecule has 0 saturated heterocycles. The quantitative estimate of drug-likeness (QED) is 0.768. The van der Waals surface area contributed by atoms with Crippen LogP contribution in [0.3, 0.4) is 0 Å². The van der Waals surface area contributed by atoms with E-state index in [1.165, 1.54) is 38.5 Å². The van der Waals surface area contributed by atoms with E-state index in [2.05, 4.69) is 28.0 Å². The zero-order chi connectivity index (χ0) is 11.9. The van der Waals surface area contributed by atoms with Gasteiger partial charge in [-0.05, 0) is 25.8 Å². The second-order valence-corrected chi connectivity index (χ2v) is 5.10. The van der Waals surface area contributed by atoms with E-state index in [4.69, 9.17) is 0 Å². The monoisotopic (exact) mass is 235 g/mol. The number of hydrogen-bond acceptors (Lipinski definition) is 2. The third-order valence-electron chi connectivity index (χ3n) is 3.88. The Morgan fingerprint density at radius 2 is 2.18 bits per heavy atom. The molecule has 1 aromatic heterocycles. The maximum absolute atomic E-state index is 4.37. The van der Waals surface area contributed by atoms with Crippen molar-refractivity contribution < 1.29 is 0 Å². The van der Waals surface area contributed by atoms with Crippen molar-refractivity contribution in [1.29, 1.82) is 0 Å². The number of hydrogen-bond donors (Lipinski definition) is 1. The first-order valence-corrected chi connectivity index (χ1v) is 7.11. The molecule has 2 rings (SSSR count). The minimum Gasteiger partial charge on any atom is -0.334 e. The molecule has 0 atom stereocenters. The summed E-state index contributed by atoms with van der Waals surface area (Å²) in [4.78, 5) is 4.37. The van der Waals surface area contributed by atoms with E-state index in [9.17, 15) is 0 Å². The largest absolute Gasteiger partial charge is 0.334 e. The lowest BCUT2D eigenvalue weighted by Crippen LogP contribution is -2.21. The van der Waals surface area contributed by atoms with Crippen molar-refractivity contribution in [2.45, 2.75) is 58.5 Å².